The highest BCUT2D eigenvalue weighted by molar-refractivity contribution is 6.32. The van der Waals surface area contributed by atoms with E-state index in [0.29, 0.717) is 23.6 Å². The smallest absolute Gasteiger partial charge is 0.280 e. The summed E-state index contributed by atoms with van der Waals surface area (Å²) in [5, 5.41) is 8.54. The summed E-state index contributed by atoms with van der Waals surface area (Å²) in [6.45, 7) is 4.44. The zero-order chi connectivity index (χ0) is 19.9. The molecule has 0 saturated heterocycles. The molecule has 0 atom stereocenters. The van der Waals surface area contributed by atoms with Crippen molar-refractivity contribution >= 4 is 29.3 Å². The molecule has 2 aromatic carbocycles. The molecule has 0 fully saturated rings. The predicted octanol–water partition coefficient (Wildman–Crippen LogP) is 3.40. The third-order valence-electron chi connectivity index (χ3n) is 4.20. The summed E-state index contributed by atoms with van der Waals surface area (Å²) >= 11 is 0. The van der Waals surface area contributed by atoms with Gasteiger partial charge in [-0.1, -0.05) is 37.3 Å². The van der Waals surface area contributed by atoms with Gasteiger partial charge in [0.15, 0.2) is 6.61 Å². The number of hydrazone groups is 1. The van der Waals surface area contributed by atoms with Crippen LogP contribution < -0.4 is 15.1 Å². The Hall–Kier alpha value is -3.41. The lowest BCUT2D eigenvalue weighted by molar-refractivity contribution is -0.123. The van der Waals surface area contributed by atoms with Gasteiger partial charge in [0.25, 0.3) is 11.8 Å². The van der Waals surface area contributed by atoms with Crippen LogP contribution in [0.25, 0.3) is 6.08 Å². The first kappa shape index (κ1) is 19.4. The van der Waals surface area contributed by atoms with Crippen LogP contribution >= 0.6 is 0 Å². The van der Waals surface area contributed by atoms with Crippen molar-refractivity contribution in [3.05, 3.63) is 65.7 Å². The van der Waals surface area contributed by atoms with Crippen molar-refractivity contribution in [2.75, 3.05) is 18.2 Å². The molecule has 6 heteroatoms. The maximum absolute atomic E-state index is 12.7. The molecule has 0 aromatic heterocycles. The lowest BCUT2D eigenvalue weighted by atomic mass is 10.1. The number of nitrogens with zero attached hydrogens (tertiary/aromatic N) is 2. The topological polar surface area (TPSA) is 71.0 Å². The molecule has 2 amide bonds. The number of ether oxygens (including phenoxy) is 1. The molecule has 0 aliphatic carbocycles. The number of hydrogen-bond donors (Lipinski definition) is 1. The molecule has 0 bridgehead atoms. The molecule has 1 aliphatic heterocycles. The minimum atomic E-state index is -0.156. The van der Waals surface area contributed by atoms with E-state index in [9.17, 15) is 9.59 Å². The van der Waals surface area contributed by atoms with Crippen molar-refractivity contribution in [1.82, 2.24) is 5.32 Å². The Morgan fingerprint density at radius 1 is 1.14 bits per heavy atom. The average Bonchev–Trinajstić information content (AvgIpc) is 3.00. The van der Waals surface area contributed by atoms with Gasteiger partial charge >= 0.3 is 0 Å². The van der Waals surface area contributed by atoms with Crippen molar-refractivity contribution in [2.24, 2.45) is 5.10 Å². The first-order chi connectivity index (χ1) is 13.6. The van der Waals surface area contributed by atoms with E-state index in [0.717, 1.165) is 17.7 Å². The molecule has 1 heterocycles. The summed E-state index contributed by atoms with van der Waals surface area (Å²) < 4.78 is 5.48. The van der Waals surface area contributed by atoms with E-state index in [2.05, 4.69) is 10.4 Å². The Kier molecular flexibility index (Phi) is 6.22. The van der Waals surface area contributed by atoms with Crippen LogP contribution in [-0.4, -0.2) is 30.7 Å². The van der Waals surface area contributed by atoms with E-state index in [1.54, 1.807) is 12.1 Å². The number of para-hydroxylation sites is 1. The van der Waals surface area contributed by atoms with Crippen LogP contribution in [0.5, 0.6) is 5.75 Å². The molecule has 1 aliphatic rings. The van der Waals surface area contributed by atoms with Gasteiger partial charge in [-0.05, 0) is 49.2 Å². The molecule has 0 radical (unpaired) electrons. The second kappa shape index (κ2) is 8.99. The monoisotopic (exact) mass is 377 g/mol. The lowest BCUT2D eigenvalue weighted by Crippen LogP contribution is -2.29. The molecule has 6 nitrogen and oxygen atoms in total. The minimum Gasteiger partial charge on any atom is -0.484 e. The second-order valence-electron chi connectivity index (χ2n) is 6.40. The first-order valence-electron chi connectivity index (χ1n) is 9.25. The fraction of sp³-hybridized carbons (Fsp3) is 0.227. The Morgan fingerprint density at radius 3 is 2.54 bits per heavy atom. The molecule has 3 rings (SSSR count). The largest absolute Gasteiger partial charge is 0.484 e. The van der Waals surface area contributed by atoms with Crippen molar-refractivity contribution in [3.63, 3.8) is 0 Å². The Balaban J connectivity index is 1.66. The third kappa shape index (κ3) is 4.65. The van der Waals surface area contributed by atoms with E-state index in [4.69, 9.17) is 4.74 Å². The van der Waals surface area contributed by atoms with Crippen LogP contribution in [0.3, 0.4) is 0 Å². The number of nitrogens with one attached hydrogen (secondary N) is 1. The van der Waals surface area contributed by atoms with Gasteiger partial charge in [0.2, 0.25) is 0 Å². The summed E-state index contributed by atoms with van der Waals surface area (Å²) in [5.41, 5.74) is 2.81. The van der Waals surface area contributed by atoms with Crippen molar-refractivity contribution < 1.29 is 14.3 Å². The van der Waals surface area contributed by atoms with Crippen LogP contribution in [0.2, 0.25) is 0 Å². The Labute approximate surface area is 164 Å². The van der Waals surface area contributed by atoms with Crippen LogP contribution in [0.15, 0.2) is 65.3 Å². The molecule has 28 heavy (non-hydrogen) atoms. The Bertz CT molecular complexity index is 902. The molecule has 0 saturated carbocycles. The van der Waals surface area contributed by atoms with Crippen LogP contribution in [-0.2, 0) is 9.59 Å². The van der Waals surface area contributed by atoms with Gasteiger partial charge in [0.1, 0.15) is 5.75 Å². The van der Waals surface area contributed by atoms with Crippen molar-refractivity contribution in [3.8, 4) is 5.75 Å². The van der Waals surface area contributed by atoms with Gasteiger partial charge in [-0.15, -0.1) is 0 Å². The minimum absolute atomic E-state index is 0.0171. The summed E-state index contributed by atoms with van der Waals surface area (Å²) in [6, 6.07) is 16.6. The number of hydrogen-bond acceptors (Lipinski definition) is 4. The fourth-order valence-corrected chi connectivity index (χ4v) is 2.72. The third-order valence-corrected chi connectivity index (χ3v) is 4.20. The fourth-order valence-electron chi connectivity index (χ4n) is 2.72. The normalized spacial score (nSPS) is 14.9. The number of carbonyl (C=O) groups excluding carboxylic acids is 2. The van der Waals surface area contributed by atoms with E-state index in [1.807, 2.05) is 62.4 Å². The second-order valence-corrected chi connectivity index (χ2v) is 6.40. The van der Waals surface area contributed by atoms with E-state index < -0.39 is 0 Å². The SMILES string of the molecule is CCCNC(=O)COc1ccc(/C=C2\C(=O)N(c3ccccc3)N=C2C)cc1. The quantitative estimate of drug-likeness (QED) is 0.752. The first-order valence-corrected chi connectivity index (χ1v) is 9.25. The maximum atomic E-state index is 12.7. The summed E-state index contributed by atoms with van der Waals surface area (Å²) in [7, 11) is 0. The molecular formula is C22H23N3O3. The molecule has 0 unspecified atom stereocenters. The number of amides is 2. The highest BCUT2D eigenvalue weighted by Crippen LogP contribution is 2.25. The maximum Gasteiger partial charge on any atom is 0.280 e. The molecule has 2 aromatic rings. The number of benzene rings is 2. The van der Waals surface area contributed by atoms with E-state index in [-0.39, 0.29) is 18.4 Å². The van der Waals surface area contributed by atoms with Gasteiger partial charge < -0.3 is 10.1 Å². The zero-order valence-corrected chi connectivity index (χ0v) is 16.0. The average molecular weight is 377 g/mol. The standard InChI is InChI=1S/C22H23N3O3/c1-3-13-23-21(26)15-28-19-11-9-17(10-12-19)14-20-16(2)24-25(22(20)27)18-7-5-4-6-8-18/h4-12,14H,3,13,15H2,1-2H3,(H,23,26)/b20-14-. The highest BCUT2D eigenvalue weighted by atomic mass is 16.5. The van der Waals surface area contributed by atoms with Gasteiger partial charge in [-0.25, -0.2) is 0 Å². The highest BCUT2D eigenvalue weighted by Gasteiger charge is 2.28. The molecular weight excluding hydrogens is 354 g/mol. The number of rotatable bonds is 7. The molecule has 1 N–H and O–H groups in total. The van der Waals surface area contributed by atoms with Gasteiger partial charge in [-0.3, -0.25) is 9.59 Å². The van der Waals surface area contributed by atoms with E-state index >= 15 is 0 Å². The Morgan fingerprint density at radius 2 is 1.86 bits per heavy atom. The lowest BCUT2D eigenvalue weighted by Gasteiger charge is -2.11. The summed E-state index contributed by atoms with van der Waals surface area (Å²) in [5.74, 6) is 0.303. The van der Waals surface area contributed by atoms with Crippen LogP contribution in [0.4, 0.5) is 5.69 Å². The molecule has 0 spiro atoms. The van der Waals surface area contributed by atoms with Gasteiger partial charge in [0.05, 0.1) is 17.0 Å². The molecule has 144 valence electrons. The number of carbonyl (C=O) groups is 2. The van der Waals surface area contributed by atoms with Crippen LogP contribution in [0.1, 0.15) is 25.8 Å². The van der Waals surface area contributed by atoms with Crippen molar-refractivity contribution in [1.29, 1.82) is 0 Å². The predicted molar refractivity (Wildman–Crippen MR) is 110 cm³/mol. The van der Waals surface area contributed by atoms with Gasteiger partial charge in [-0.2, -0.15) is 10.1 Å². The summed E-state index contributed by atoms with van der Waals surface area (Å²) in [4.78, 5) is 24.3. The van der Waals surface area contributed by atoms with E-state index in [1.165, 1.54) is 5.01 Å². The zero-order valence-electron chi connectivity index (χ0n) is 16.0. The summed E-state index contributed by atoms with van der Waals surface area (Å²) in [6.07, 6.45) is 2.69. The van der Waals surface area contributed by atoms with Crippen molar-refractivity contribution in [2.45, 2.75) is 20.3 Å². The van der Waals surface area contributed by atoms with Gasteiger partial charge in [0, 0.05) is 6.54 Å². The number of anilines is 1. The van der Waals surface area contributed by atoms with Crippen LogP contribution in [0, 0.1) is 0 Å².